The standard InChI is InChI=1S/C14H19F3N2/c1-9(2)13(5-6-13)8-19-12-4-3-10(7-11(12)18)14(15,16)17/h3-4,7,9,19H,5-6,8,18H2,1-2H3. The molecule has 0 amide bonds. The SMILES string of the molecule is CC(C)C1(CNc2ccc(C(F)(F)F)cc2N)CC1. The van der Waals surface area contributed by atoms with Crippen LogP contribution in [0.4, 0.5) is 24.5 Å². The van der Waals surface area contributed by atoms with Gasteiger partial charge in [-0.25, -0.2) is 0 Å². The zero-order valence-electron chi connectivity index (χ0n) is 11.1. The number of nitrogens with two attached hydrogens (primary N) is 1. The van der Waals surface area contributed by atoms with E-state index in [1.807, 2.05) is 0 Å². The number of anilines is 2. The Morgan fingerprint density at radius 2 is 1.95 bits per heavy atom. The Hall–Kier alpha value is -1.39. The summed E-state index contributed by atoms with van der Waals surface area (Å²) in [6, 6.07) is 3.46. The third-order valence-electron chi connectivity index (χ3n) is 4.13. The van der Waals surface area contributed by atoms with E-state index in [0.717, 1.165) is 31.5 Å². The minimum atomic E-state index is -4.34. The van der Waals surface area contributed by atoms with Crippen molar-refractivity contribution in [2.24, 2.45) is 11.3 Å². The molecule has 19 heavy (non-hydrogen) atoms. The lowest BCUT2D eigenvalue weighted by atomic mass is 9.92. The summed E-state index contributed by atoms with van der Waals surface area (Å²) in [5.41, 5.74) is 5.99. The number of benzene rings is 1. The van der Waals surface area contributed by atoms with Crippen molar-refractivity contribution in [3.05, 3.63) is 23.8 Å². The third-order valence-corrected chi connectivity index (χ3v) is 4.13. The van der Waals surface area contributed by atoms with Crippen LogP contribution < -0.4 is 11.1 Å². The Morgan fingerprint density at radius 1 is 1.32 bits per heavy atom. The Morgan fingerprint density at radius 3 is 2.37 bits per heavy atom. The summed E-state index contributed by atoms with van der Waals surface area (Å²) < 4.78 is 37.5. The van der Waals surface area contributed by atoms with Crippen LogP contribution in [0.3, 0.4) is 0 Å². The van der Waals surface area contributed by atoms with E-state index in [4.69, 9.17) is 5.73 Å². The largest absolute Gasteiger partial charge is 0.416 e. The Kier molecular flexibility index (Phi) is 3.41. The maximum atomic E-state index is 12.5. The van der Waals surface area contributed by atoms with Gasteiger partial charge in [0.2, 0.25) is 0 Å². The van der Waals surface area contributed by atoms with Gasteiger partial charge in [0.1, 0.15) is 0 Å². The lowest BCUT2D eigenvalue weighted by Crippen LogP contribution is -2.21. The fourth-order valence-electron chi connectivity index (χ4n) is 2.29. The molecule has 1 fully saturated rings. The van der Waals surface area contributed by atoms with E-state index in [0.29, 0.717) is 11.6 Å². The van der Waals surface area contributed by atoms with Gasteiger partial charge >= 0.3 is 6.18 Å². The van der Waals surface area contributed by atoms with Crippen LogP contribution in [-0.2, 0) is 6.18 Å². The molecule has 0 saturated heterocycles. The predicted molar refractivity (Wildman–Crippen MR) is 70.9 cm³/mol. The van der Waals surface area contributed by atoms with Gasteiger partial charge in [0.05, 0.1) is 16.9 Å². The Labute approximate surface area is 111 Å². The minimum Gasteiger partial charge on any atom is -0.397 e. The molecular weight excluding hydrogens is 253 g/mol. The number of hydrogen-bond donors (Lipinski definition) is 2. The normalized spacial score (nSPS) is 17.6. The summed E-state index contributed by atoms with van der Waals surface area (Å²) in [5, 5.41) is 3.18. The fourth-order valence-corrected chi connectivity index (χ4v) is 2.29. The number of nitrogens with one attached hydrogen (secondary N) is 1. The average Bonchev–Trinajstić information content (AvgIpc) is 3.07. The van der Waals surface area contributed by atoms with Crippen LogP contribution in [0.5, 0.6) is 0 Å². The van der Waals surface area contributed by atoms with Crippen LogP contribution in [-0.4, -0.2) is 6.54 Å². The molecule has 1 aromatic rings. The second-order valence-corrected chi connectivity index (χ2v) is 5.67. The molecular formula is C14H19F3N2. The van der Waals surface area contributed by atoms with Gasteiger partial charge in [-0.15, -0.1) is 0 Å². The Bertz CT molecular complexity index is 462. The van der Waals surface area contributed by atoms with Gasteiger partial charge in [-0.3, -0.25) is 0 Å². The lowest BCUT2D eigenvalue weighted by Gasteiger charge is -2.21. The number of alkyl halides is 3. The highest BCUT2D eigenvalue weighted by Gasteiger charge is 2.45. The van der Waals surface area contributed by atoms with Crippen molar-refractivity contribution in [2.75, 3.05) is 17.6 Å². The van der Waals surface area contributed by atoms with E-state index in [-0.39, 0.29) is 11.1 Å². The van der Waals surface area contributed by atoms with Crippen LogP contribution >= 0.6 is 0 Å². The van der Waals surface area contributed by atoms with Crippen LogP contribution in [0.1, 0.15) is 32.3 Å². The van der Waals surface area contributed by atoms with Crippen molar-refractivity contribution in [3.8, 4) is 0 Å². The van der Waals surface area contributed by atoms with Crippen LogP contribution in [0.2, 0.25) is 0 Å². The van der Waals surface area contributed by atoms with Gasteiger partial charge in [-0.05, 0) is 42.4 Å². The zero-order valence-corrected chi connectivity index (χ0v) is 11.1. The lowest BCUT2D eigenvalue weighted by molar-refractivity contribution is -0.137. The van der Waals surface area contributed by atoms with Crippen LogP contribution in [0.25, 0.3) is 0 Å². The number of rotatable bonds is 4. The van der Waals surface area contributed by atoms with Crippen molar-refractivity contribution >= 4 is 11.4 Å². The van der Waals surface area contributed by atoms with Crippen LogP contribution in [0.15, 0.2) is 18.2 Å². The highest BCUT2D eigenvalue weighted by Crippen LogP contribution is 2.51. The number of halogens is 3. The first-order chi connectivity index (χ1) is 8.74. The van der Waals surface area contributed by atoms with E-state index >= 15 is 0 Å². The quantitative estimate of drug-likeness (QED) is 0.808. The summed E-state index contributed by atoms with van der Waals surface area (Å²) in [7, 11) is 0. The van der Waals surface area contributed by atoms with Crippen molar-refractivity contribution in [2.45, 2.75) is 32.9 Å². The molecule has 0 unspecified atom stereocenters. The number of nitrogen functional groups attached to an aromatic ring is 1. The topological polar surface area (TPSA) is 38.0 Å². The van der Waals surface area contributed by atoms with Gasteiger partial charge < -0.3 is 11.1 Å². The molecule has 1 aliphatic carbocycles. The minimum absolute atomic E-state index is 0.148. The van der Waals surface area contributed by atoms with Crippen molar-refractivity contribution in [1.82, 2.24) is 0 Å². The molecule has 0 heterocycles. The maximum absolute atomic E-state index is 12.5. The third kappa shape index (κ3) is 2.96. The van der Waals surface area contributed by atoms with Gasteiger partial charge in [0, 0.05) is 6.54 Å². The van der Waals surface area contributed by atoms with E-state index in [2.05, 4.69) is 19.2 Å². The van der Waals surface area contributed by atoms with E-state index in [1.165, 1.54) is 6.07 Å². The zero-order chi connectivity index (χ0) is 14.3. The number of hydrogen-bond acceptors (Lipinski definition) is 2. The van der Waals surface area contributed by atoms with E-state index in [1.54, 1.807) is 0 Å². The molecule has 5 heteroatoms. The van der Waals surface area contributed by atoms with Crippen molar-refractivity contribution in [3.63, 3.8) is 0 Å². The first kappa shape index (κ1) is 14.0. The molecule has 1 saturated carbocycles. The monoisotopic (exact) mass is 272 g/mol. The van der Waals surface area contributed by atoms with Gasteiger partial charge in [0.15, 0.2) is 0 Å². The molecule has 106 valence electrons. The molecule has 0 bridgehead atoms. The Balaban J connectivity index is 2.06. The summed E-state index contributed by atoms with van der Waals surface area (Å²) in [5.74, 6) is 0.565. The average molecular weight is 272 g/mol. The smallest absolute Gasteiger partial charge is 0.397 e. The summed E-state index contributed by atoms with van der Waals surface area (Å²) in [6.45, 7) is 5.11. The molecule has 1 aliphatic rings. The summed E-state index contributed by atoms with van der Waals surface area (Å²) in [6.07, 6.45) is -2.02. The molecule has 3 N–H and O–H groups in total. The molecule has 2 rings (SSSR count). The molecule has 0 aliphatic heterocycles. The second-order valence-electron chi connectivity index (χ2n) is 5.67. The highest BCUT2D eigenvalue weighted by molar-refractivity contribution is 5.67. The summed E-state index contributed by atoms with van der Waals surface area (Å²) in [4.78, 5) is 0. The molecule has 1 aromatic carbocycles. The van der Waals surface area contributed by atoms with Crippen LogP contribution in [0, 0.1) is 11.3 Å². The molecule has 0 aromatic heterocycles. The maximum Gasteiger partial charge on any atom is 0.416 e. The first-order valence-corrected chi connectivity index (χ1v) is 6.45. The first-order valence-electron chi connectivity index (χ1n) is 6.45. The van der Waals surface area contributed by atoms with Gasteiger partial charge in [-0.2, -0.15) is 13.2 Å². The molecule has 0 atom stereocenters. The molecule has 2 nitrogen and oxygen atoms in total. The van der Waals surface area contributed by atoms with E-state index in [9.17, 15) is 13.2 Å². The van der Waals surface area contributed by atoms with Crippen molar-refractivity contribution in [1.29, 1.82) is 0 Å². The molecule has 0 radical (unpaired) electrons. The van der Waals surface area contributed by atoms with Gasteiger partial charge in [-0.1, -0.05) is 13.8 Å². The van der Waals surface area contributed by atoms with Crippen molar-refractivity contribution < 1.29 is 13.2 Å². The van der Waals surface area contributed by atoms with E-state index < -0.39 is 11.7 Å². The molecule has 0 spiro atoms. The second kappa shape index (κ2) is 4.62. The highest BCUT2D eigenvalue weighted by atomic mass is 19.4. The van der Waals surface area contributed by atoms with Gasteiger partial charge in [0.25, 0.3) is 0 Å². The summed E-state index contributed by atoms with van der Waals surface area (Å²) >= 11 is 0. The predicted octanol–water partition coefficient (Wildman–Crippen LogP) is 4.14. The fraction of sp³-hybridized carbons (Fsp3) is 0.571.